The van der Waals surface area contributed by atoms with Crippen LogP contribution in [0.5, 0.6) is 0 Å². The number of hydrogen-bond acceptors (Lipinski definition) is 3. The quantitative estimate of drug-likeness (QED) is 0.880. The molecule has 0 saturated carbocycles. The molecule has 0 saturated heterocycles. The summed E-state index contributed by atoms with van der Waals surface area (Å²) in [5, 5.41) is 8.86. The number of rotatable bonds is 3. The lowest BCUT2D eigenvalue weighted by molar-refractivity contribution is 0.0785. The molecule has 21 heavy (non-hydrogen) atoms. The Labute approximate surface area is 122 Å². The van der Waals surface area contributed by atoms with E-state index in [9.17, 15) is 9.18 Å². The molecule has 106 valence electrons. The van der Waals surface area contributed by atoms with Crippen molar-refractivity contribution in [3.05, 3.63) is 65.0 Å². The molecule has 0 heterocycles. The van der Waals surface area contributed by atoms with Crippen molar-refractivity contribution in [2.75, 3.05) is 12.8 Å². The molecule has 0 aliphatic rings. The number of nitrogens with zero attached hydrogens (tertiary/aromatic N) is 2. The topological polar surface area (TPSA) is 70.1 Å². The molecule has 0 spiro atoms. The first-order valence-corrected chi connectivity index (χ1v) is 6.31. The second-order valence-corrected chi connectivity index (χ2v) is 4.70. The number of anilines is 1. The monoisotopic (exact) mass is 283 g/mol. The minimum Gasteiger partial charge on any atom is -0.398 e. The highest BCUT2D eigenvalue weighted by Gasteiger charge is 2.16. The average molecular weight is 283 g/mol. The molecule has 0 atom stereocenters. The van der Waals surface area contributed by atoms with Crippen molar-refractivity contribution < 1.29 is 9.18 Å². The number of nitriles is 1. The Morgan fingerprint density at radius 3 is 2.81 bits per heavy atom. The largest absolute Gasteiger partial charge is 0.398 e. The highest BCUT2D eigenvalue weighted by Crippen LogP contribution is 2.17. The number of benzene rings is 2. The summed E-state index contributed by atoms with van der Waals surface area (Å²) >= 11 is 0. The second-order valence-electron chi connectivity index (χ2n) is 4.70. The highest BCUT2D eigenvalue weighted by molar-refractivity contribution is 5.98. The first-order chi connectivity index (χ1) is 10.0. The molecular formula is C16H14FN3O. The molecule has 4 nitrogen and oxygen atoms in total. The fourth-order valence-corrected chi connectivity index (χ4v) is 2.00. The molecule has 0 aliphatic heterocycles. The third-order valence-electron chi connectivity index (χ3n) is 3.07. The van der Waals surface area contributed by atoms with Crippen molar-refractivity contribution in [1.82, 2.24) is 4.90 Å². The van der Waals surface area contributed by atoms with Gasteiger partial charge in [-0.25, -0.2) is 4.39 Å². The Bertz CT molecular complexity index is 722. The predicted molar refractivity (Wildman–Crippen MR) is 77.8 cm³/mol. The van der Waals surface area contributed by atoms with Gasteiger partial charge >= 0.3 is 0 Å². The first kappa shape index (κ1) is 14.5. The van der Waals surface area contributed by atoms with Gasteiger partial charge in [-0.05, 0) is 35.9 Å². The molecule has 0 radical (unpaired) electrons. The van der Waals surface area contributed by atoms with E-state index in [-0.39, 0.29) is 17.2 Å². The van der Waals surface area contributed by atoms with Gasteiger partial charge in [-0.1, -0.05) is 12.1 Å². The van der Waals surface area contributed by atoms with E-state index in [0.29, 0.717) is 12.1 Å². The van der Waals surface area contributed by atoms with Crippen molar-refractivity contribution in [1.29, 1.82) is 5.26 Å². The van der Waals surface area contributed by atoms with E-state index in [2.05, 4.69) is 0 Å². The maximum Gasteiger partial charge on any atom is 0.256 e. The maximum absolute atomic E-state index is 13.2. The van der Waals surface area contributed by atoms with Gasteiger partial charge in [0.2, 0.25) is 0 Å². The van der Waals surface area contributed by atoms with E-state index in [4.69, 9.17) is 11.0 Å². The number of nitrogens with two attached hydrogens (primary N) is 1. The van der Waals surface area contributed by atoms with Crippen LogP contribution in [0.4, 0.5) is 10.1 Å². The van der Waals surface area contributed by atoms with Gasteiger partial charge in [-0.2, -0.15) is 5.26 Å². The lowest BCUT2D eigenvalue weighted by atomic mass is 10.1. The molecule has 2 N–H and O–H groups in total. The molecule has 0 fully saturated rings. The standard InChI is InChI=1S/C16H14FN3O/c1-20(10-12-4-2-3-11(7-12)9-18)16(21)14-8-13(17)5-6-15(14)19/h2-8H,10,19H2,1H3. The van der Waals surface area contributed by atoms with E-state index < -0.39 is 5.82 Å². The van der Waals surface area contributed by atoms with Gasteiger partial charge in [0.15, 0.2) is 0 Å². The molecule has 0 aromatic heterocycles. The van der Waals surface area contributed by atoms with Crippen LogP contribution in [0.15, 0.2) is 42.5 Å². The number of halogens is 1. The fraction of sp³-hybridized carbons (Fsp3) is 0.125. The van der Waals surface area contributed by atoms with Crippen molar-refractivity contribution >= 4 is 11.6 Å². The predicted octanol–water partition coefficient (Wildman–Crippen LogP) is 2.55. The van der Waals surface area contributed by atoms with E-state index >= 15 is 0 Å². The minimum atomic E-state index is -0.507. The van der Waals surface area contributed by atoms with Gasteiger partial charge in [0.25, 0.3) is 5.91 Å². The normalized spacial score (nSPS) is 9.95. The number of amides is 1. The maximum atomic E-state index is 13.2. The molecular weight excluding hydrogens is 269 g/mol. The van der Waals surface area contributed by atoms with Gasteiger partial charge in [-0.15, -0.1) is 0 Å². The number of nitrogen functional groups attached to an aromatic ring is 1. The minimum absolute atomic E-state index is 0.133. The molecule has 5 heteroatoms. The van der Waals surface area contributed by atoms with Crippen LogP contribution in [0.3, 0.4) is 0 Å². The van der Waals surface area contributed by atoms with Crippen LogP contribution in [0.1, 0.15) is 21.5 Å². The summed E-state index contributed by atoms with van der Waals surface area (Å²) in [6.07, 6.45) is 0. The van der Waals surface area contributed by atoms with Crippen molar-refractivity contribution in [2.45, 2.75) is 6.54 Å². The summed E-state index contributed by atoms with van der Waals surface area (Å²) in [4.78, 5) is 13.7. The number of hydrogen-bond donors (Lipinski definition) is 1. The molecule has 0 bridgehead atoms. The lowest BCUT2D eigenvalue weighted by Gasteiger charge is -2.18. The van der Waals surface area contributed by atoms with Crippen LogP contribution < -0.4 is 5.73 Å². The Balaban J connectivity index is 2.19. The molecule has 2 aromatic carbocycles. The van der Waals surface area contributed by atoms with E-state index in [1.54, 1.807) is 25.2 Å². The van der Waals surface area contributed by atoms with Crippen LogP contribution in [-0.4, -0.2) is 17.9 Å². The lowest BCUT2D eigenvalue weighted by Crippen LogP contribution is -2.27. The number of carbonyl (C=O) groups is 1. The Hall–Kier alpha value is -2.87. The average Bonchev–Trinajstić information content (AvgIpc) is 2.49. The summed E-state index contributed by atoms with van der Waals surface area (Å²) in [5.74, 6) is -0.873. The molecule has 1 amide bonds. The summed E-state index contributed by atoms with van der Waals surface area (Å²) in [7, 11) is 1.60. The second kappa shape index (κ2) is 6.06. The van der Waals surface area contributed by atoms with Gasteiger partial charge in [0.05, 0.1) is 17.2 Å². The molecule has 2 aromatic rings. The Morgan fingerprint density at radius 1 is 1.33 bits per heavy atom. The highest BCUT2D eigenvalue weighted by atomic mass is 19.1. The smallest absolute Gasteiger partial charge is 0.256 e. The zero-order valence-corrected chi connectivity index (χ0v) is 11.5. The van der Waals surface area contributed by atoms with Crippen molar-refractivity contribution in [3.63, 3.8) is 0 Å². The van der Waals surface area contributed by atoms with Crippen LogP contribution >= 0.6 is 0 Å². The van der Waals surface area contributed by atoms with Crippen LogP contribution in [-0.2, 0) is 6.54 Å². The van der Waals surface area contributed by atoms with Crippen LogP contribution in [0, 0.1) is 17.1 Å². The van der Waals surface area contributed by atoms with Gasteiger partial charge in [0.1, 0.15) is 5.82 Å². The van der Waals surface area contributed by atoms with E-state index in [1.807, 2.05) is 12.1 Å². The molecule has 0 unspecified atom stereocenters. The SMILES string of the molecule is CN(Cc1cccc(C#N)c1)C(=O)c1cc(F)ccc1N. The van der Waals surface area contributed by atoms with Crippen molar-refractivity contribution in [3.8, 4) is 6.07 Å². The zero-order valence-electron chi connectivity index (χ0n) is 11.5. The Kier molecular flexibility index (Phi) is 4.19. The van der Waals surface area contributed by atoms with Crippen molar-refractivity contribution in [2.24, 2.45) is 0 Å². The van der Waals surface area contributed by atoms with Gasteiger partial charge in [-0.3, -0.25) is 4.79 Å². The van der Waals surface area contributed by atoms with Gasteiger partial charge < -0.3 is 10.6 Å². The Morgan fingerprint density at radius 2 is 2.10 bits per heavy atom. The number of carbonyl (C=O) groups excluding carboxylic acids is 1. The summed E-state index contributed by atoms with van der Waals surface area (Å²) in [5.41, 5.74) is 7.42. The van der Waals surface area contributed by atoms with Gasteiger partial charge in [0, 0.05) is 19.3 Å². The van der Waals surface area contributed by atoms with Crippen LogP contribution in [0.2, 0.25) is 0 Å². The third kappa shape index (κ3) is 3.37. The summed E-state index contributed by atoms with van der Waals surface area (Å²) in [6.45, 7) is 0.310. The van der Waals surface area contributed by atoms with E-state index in [0.717, 1.165) is 11.6 Å². The molecule has 0 aliphatic carbocycles. The fourth-order valence-electron chi connectivity index (χ4n) is 2.00. The summed E-state index contributed by atoms with van der Waals surface area (Å²) in [6, 6.07) is 12.7. The third-order valence-corrected chi connectivity index (χ3v) is 3.07. The van der Waals surface area contributed by atoms with Crippen LogP contribution in [0.25, 0.3) is 0 Å². The zero-order chi connectivity index (χ0) is 15.4. The molecule has 2 rings (SSSR count). The van der Waals surface area contributed by atoms with E-state index in [1.165, 1.54) is 17.0 Å². The summed E-state index contributed by atoms with van der Waals surface area (Å²) < 4.78 is 13.2. The first-order valence-electron chi connectivity index (χ1n) is 6.31.